The molecule has 1 aliphatic heterocycles. The number of esters is 1. The highest BCUT2D eigenvalue weighted by Gasteiger charge is 2.28. The molecule has 0 saturated carbocycles. The Morgan fingerprint density at radius 2 is 1.64 bits per heavy atom. The van der Waals surface area contributed by atoms with E-state index in [1.807, 2.05) is 30.3 Å². The van der Waals surface area contributed by atoms with E-state index in [-0.39, 0.29) is 23.3 Å². The van der Waals surface area contributed by atoms with E-state index in [1.165, 1.54) is 7.11 Å². The molecule has 1 saturated heterocycles. The molecule has 170 valence electrons. The highest BCUT2D eigenvalue weighted by atomic mass is 16.5. The second-order valence-corrected chi connectivity index (χ2v) is 8.01. The first-order chi connectivity index (χ1) is 16.0. The van der Waals surface area contributed by atoms with E-state index < -0.39 is 5.97 Å². The number of ether oxygens (including phenoxy) is 1. The molecule has 2 aromatic carbocycles. The molecular weight excluding hydrogens is 420 g/mol. The molecule has 0 unspecified atom stereocenters. The van der Waals surface area contributed by atoms with E-state index in [0.29, 0.717) is 24.3 Å². The van der Waals surface area contributed by atoms with Crippen LogP contribution < -0.4 is 4.90 Å². The predicted molar refractivity (Wildman–Crippen MR) is 123 cm³/mol. The van der Waals surface area contributed by atoms with Crippen LogP contribution in [0.2, 0.25) is 0 Å². The standard InChI is InChI=1S/C25H26N4O4/c1-28(18-8-4-3-5-9-18)24(31)22-16-21(26-27-22)17-12-14-29(15-13-17)23(30)19-10-6-7-11-20(19)25(32)33-2/h3-11,16-17H,12-15H2,1-2H3,(H,26,27). The van der Waals surface area contributed by atoms with Crippen molar-refractivity contribution in [2.24, 2.45) is 0 Å². The van der Waals surface area contributed by atoms with Crippen LogP contribution in [0.3, 0.4) is 0 Å². The van der Waals surface area contributed by atoms with Crippen LogP contribution in [0.4, 0.5) is 5.69 Å². The monoisotopic (exact) mass is 446 g/mol. The SMILES string of the molecule is COC(=O)c1ccccc1C(=O)N1CCC(c2cc(C(=O)N(C)c3ccccc3)n[nH]2)CC1. The molecule has 0 spiro atoms. The largest absolute Gasteiger partial charge is 0.465 e. The molecule has 1 aliphatic rings. The van der Waals surface area contributed by atoms with Crippen LogP contribution in [0.25, 0.3) is 0 Å². The summed E-state index contributed by atoms with van der Waals surface area (Å²) in [4.78, 5) is 41.2. The molecule has 8 heteroatoms. The lowest BCUT2D eigenvalue weighted by molar-refractivity contribution is 0.0586. The Morgan fingerprint density at radius 3 is 2.30 bits per heavy atom. The molecule has 33 heavy (non-hydrogen) atoms. The Kier molecular flexibility index (Phi) is 6.53. The van der Waals surface area contributed by atoms with Crippen molar-refractivity contribution in [3.8, 4) is 0 Å². The van der Waals surface area contributed by atoms with Crippen LogP contribution >= 0.6 is 0 Å². The Bertz CT molecular complexity index is 1150. The number of carbonyl (C=O) groups excluding carboxylic acids is 3. The van der Waals surface area contributed by atoms with Gasteiger partial charge in [-0.15, -0.1) is 0 Å². The lowest BCUT2D eigenvalue weighted by atomic mass is 9.92. The molecule has 3 aromatic rings. The number of aromatic nitrogens is 2. The average molecular weight is 447 g/mol. The first-order valence-electron chi connectivity index (χ1n) is 10.8. The van der Waals surface area contributed by atoms with Gasteiger partial charge in [0.05, 0.1) is 18.2 Å². The molecule has 0 aliphatic carbocycles. The summed E-state index contributed by atoms with van der Waals surface area (Å²) < 4.78 is 4.80. The minimum atomic E-state index is -0.524. The van der Waals surface area contributed by atoms with E-state index in [9.17, 15) is 14.4 Å². The molecule has 0 atom stereocenters. The van der Waals surface area contributed by atoms with Gasteiger partial charge in [0.2, 0.25) is 0 Å². The first kappa shape index (κ1) is 22.3. The first-order valence-corrected chi connectivity index (χ1v) is 10.8. The summed E-state index contributed by atoms with van der Waals surface area (Å²) in [5.41, 5.74) is 2.67. The fourth-order valence-electron chi connectivity index (χ4n) is 4.12. The molecule has 0 bridgehead atoms. The van der Waals surface area contributed by atoms with Gasteiger partial charge in [0.25, 0.3) is 11.8 Å². The van der Waals surface area contributed by atoms with E-state index in [4.69, 9.17) is 4.74 Å². The summed E-state index contributed by atoms with van der Waals surface area (Å²) in [5, 5.41) is 7.24. The number of piperidine rings is 1. The van der Waals surface area contributed by atoms with Gasteiger partial charge >= 0.3 is 5.97 Å². The van der Waals surface area contributed by atoms with Crippen molar-refractivity contribution < 1.29 is 19.1 Å². The molecule has 2 heterocycles. The van der Waals surface area contributed by atoms with E-state index in [1.54, 1.807) is 47.2 Å². The Labute approximate surface area is 192 Å². The summed E-state index contributed by atoms with van der Waals surface area (Å²) in [5.74, 6) is -0.722. The minimum Gasteiger partial charge on any atom is -0.465 e. The number of anilines is 1. The third kappa shape index (κ3) is 4.64. The number of amides is 2. The molecule has 1 fully saturated rings. The zero-order valence-electron chi connectivity index (χ0n) is 18.7. The number of benzene rings is 2. The maximum Gasteiger partial charge on any atom is 0.338 e. The third-order valence-electron chi connectivity index (χ3n) is 6.05. The van der Waals surface area contributed by atoms with Gasteiger partial charge in [-0.25, -0.2) is 4.79 Å². The number of methoxy groups -OCH3 is 1. The summed E-state index contributed by atoms with van der Waals surface area (Å²) in [6.07, 6.45) is 1.47. The van der Waals surface area contributed by atoms with Crippen molar-refractivity contribution in [3.63, 3.8) is 0 Å². The summed E-state index contributed by atoms with van der Waals surface area (Å²) in [6.45, 7) is 1.09. The fraction of sp³-hybridized carbons (Fsp3) is 0.280. The molecule has 2 amide bonds. The summed E-state index contributed by atoms with van der Waals surface area (Å²) >= 11 is 0. The quantitative estimate of drug-likeness (QED) is 0.606. The second-order valence-electron chi connectivity index (χ2n) is 8.01. The molecule has 4 rings (SSSR count). The summed E-state index contributed by atoms with van der Waals surface area (Å²) in [7, 11) is 3.03. The number of H-pyrrole nitrogens is 1. The second kappa shape index (κ2) is 9.68. The molecular formula is C25H26N4O4. The number of hydrogen-bond donors (Lipinski definition) is 1. The van der Waals surface area contributed by atoms with Gasteiger partial charge in [-0.2, -0.15) is 5.10 Å². The smallest absolute Gasteiger partial charge is 0.338 e. The average Bonchev–Trinajstić information content (AvgIpc) is 3.38. The minimum absolute atomic E-state index is 0.168. The number of hydrogen-bond acceptors (Lipinski definition) is 5. The van der Waals surface area contributed by atoms with Crippen LogP contribution in [0.5, 0.6) is 0 Å². The number of likely N-dealkylation sites (tertiary alicyclic amines) is 1. The highest BCUT2D eigenvalue weighted by molar-refractivity contribution is 6.05. The third-order valence-corrected chi connectivity index (χ3v) is 6.05. The number of aromatic amines is 1. The highest BCUT2D eigenvalue weighted by Crippen LogP contribution is 2.28. The van der Waals surface area contributed by atoms with Crippen molar-refractivity contribution in [2.75, 3.05) is 32.1 Å². The van der Waals surface area contributed by atoms with E-state index in [0.717, 1.165) is 24.2 Å². The topological polar surface area (TPSA) is 95.6 Å². The predicted octanol–water partition coefficient (Wildman–Crippen LogP) is 3.49. The number of para-hydroxylation sites is 1. The zero-order valence-corrected chi connectivity index (χ0v) is 18.7. The number of carbonyl (C=O) groups is 3. The van der Waals surface area contributed by atoms with Gasteiger partial charge in [-0.3, -0.25) is 14.7 Å². The Balaban J connectivity index is 1.40. The van der Waals surface area contributed by atoms with Crippen LogP contribution in [0.15, 0.2) is 60.7 Å². The lowest BCUT2D eigenvalue weighted by Crippen LogP contribution is -2.38. The van der Waals surface area contributed by atoms with Crippen LogP contribution in [0, 0.1) is 0 Å². The molecule has 1 N–H and O–H groups in total. The Hall–Kier alpha value is -3.94. The molecule has 0 radical (unpaired) electrons. The van der Waals surface area contributed by atoms with Gasteiger partial charge in [0.15, 0.2) is 5.69 Å². The zero-order chi connectivity index (χ0) is 23.4. The van der Waals surface area contributed by atoms with Crippen molar-refractivity contribution in [3.05, 3.63) is 83.2 Å². The van der Waals surface area contributed by atoms with E-state index in [2.05, 4.69) is 10.2 Å². The van der Waals surface area contributed by atoms with Crippen molar-refractivity contribution in [1.29, 1.82) is 0 Å². The van der Waals surface area contributed by atoms with Crippen molar-refractivity contribution >= 4 is 23.5 Å². The van der Waals surface area contributed by atoms with Crippen LogP contribution in [-0.2, 0) is 4.74 Å². The Morgan fingerprint density at radius 1 is 1.00 bits per heavy atom. The van der Waals surface area contributed by atoms with Gasteiger partial charge in [0.1, 0.15) is 0 Å². The van der Waals surface area contributed by atoms with Crippen LogP contribution in [0.1, 0.15) is 55.7 Å². The van der Waals surface area contributed by atoms with Gasteiger partial charge in [0, 0.05) is 37.4 Å². The number of nitrogens with one attached hydrogen (secondary N) is 1. The lowest BCUT2D eigenvalue weighted by Gasteiger charge is -2.31. The molecule has 8 nitrogen and oxygen atoms in total. The maximum absolute atomic E-state index is 13.0. The van der Waals surface area contributed by atoms with E-state index >= 15 is 0 Å². The van der Waals surface area contributed by atoms with Crippen molar-refractivity contribution in [2.45, 2.75) is 18.8 Å². The normalized spacial score (nSPS) is 14.1. The summed E-state index contributed by atoms with van der Waals surface area (Å²) in [6, 6.07) is 17.9. The van der Waals surface area contributed by atoms with Gasteiger partial charge in [-0.1, -0.05) is 30.3 Å². The maximum atomic E-state index is 13.0. The van der Waals surface area contributed by atoms with Crippen LogP contribution in [-0.4, -0.2) is 60.1 Å². The van der Waals surface area contributed by atoms with Crippen molar-refractivity contribution in [1.82, 2.24) is 15.1 Å². The van der Waals surface area contributed by atoms with Gasteiger partial charge < -0.3 is 14.5 Å². The fourth-order valence-corrected chi connectivity index (χ4v) is 4.12. The molecule has 1 aromatic heterocycles. The number of nitrogens with zero attached hydrogens (tertiary/aromatic N) is 3. The number of rotatable bonds is 5. The van der Waals surface area contributed by atoms with Gasteiger partial charge in [-0.05, 0) is 43.2 Å².